The number of carbonyl (C=O) groups excluding carboxylic acids is 1. The van der Waals surface area contributed by atoms with Crippen molar-refractivity contribution in [3.05, 3.63) is 83.6 Å². The van der Waals surface area contributed by atoms with Crippen LogP contribution in [0.15, 0.2) is 76.5 Å². The Morgan fingerprint density at radius 1 is 1.09 bits per heavy atom. The van der Waals surface area contributed by atoms with Crippen molar-refractivity contribution in [2.75, 3.05) is 11.9 Å². The molecule has 0 aliphatic rings. The highest BCUT2D eigenvalue weighted by atomic mass is 32.2. The Kier molecular flexibility index (Phi) is 7.58. The lowest BCUT2D eigenvalue weighted by Crippen LogP contribution is -2.09. The Morgan fingerprint density at radius 2 is 1.88 bits per heavy atom. The second-order valence-electron chi connectivity index (χ2n) is 6.72. The smallest absolute Gasteiger partial charge is 0.417 e. The van der Waals surface area contributed by atoms with Crippen LogP contribution in [0.4, 0.5) is 19.0 Å². The predicted molar refractivity (Wildman–Crippen MR) is 120 cm³/mol. The Labute approximate surface area is 188 Å². The topological polar surface area (TPSA) is 51.2 Å². The minimum atomic E-state index is -4.56. The summed E-state index contributed by atoms with van der Waals surface area (Å²) in [5, 5.41) is 2.58. The number of ether oxygens (including phenoxy) is 1. The number of anilines is 1. The Morgan fingerprint density at radius 3 is 2.59 bits per heavy atom. The van der Waals surface area contributed by atoms with Gasteiger partial charge < -0.3 is 10.1 Å². The van der Waals surface area contributed by atoms with Crippen LogP contribution >= 0.6 is 11.8 Å². The molecule has 8 heteroatoms. The number of aryl methyl sites for hydroxylation is 1. The van der Waals surface area contributed by atoms with Gasteiger partial charge in [-0.05, 0) is 61.9 Å². The number of carbonyl (C=O) groups is 1. The van der Waals surface area contributed by atoms with E-state index in [1.54, 1.807) is 49.4 Å². The molecule has 1 heterocycles. The Balaban J connectivity index is 1.82. The Bertz CT molecular complexity index is 1130. The maximum Gasteiger partial charge on any atom is 0.417 e. The molecule has 1 amide bonds. The van der Waals surface area contributed by atoms with E-state index in [1.807, 2.05) is 6.92 Å². The lowest BCUT2D eigenvalue weighted by atomic mass is 10.1. The first kappa shape index (κ1) is 23.4. The zero-order valence-electron chi connectivity index (χ0n) is 17.4. The normalized spacial score (nSPS) is 11.5. The maximum absolute atomic E-state index is 13.7. The summed E-state index contributed by atoms with van der Waals surface area (Å²) in [5.41, 5.74) is 0.212. The zero-order valence-corrected chi connectivity index (χ0v) is 18.3. The fourth-order valence-electron chi connectivity index (χ4n) is 2.84. The molecule has 1 aromatic heterocycles. The van der Waals surface area contributed by atoms with E-state index in [-0.39, 0.29) is 10.5 Å². The highest BCUT2D eigenvalue weighted by molar-refractivity contribution is 7.99. The second-order valence-corrected chi connectivity index (χ2v) is 7.81. The standard InChI is InChI=1S/C24H21F3N2O2S/c1-3-31-19-8-4-5-9-21(19)32-20-13-11-17(15-18(20)24(25,26)27)12-14-23(30)29-22-10-6-7-16(2)28-22/h4-15H,3H2,1-2H3,(H,28,29,30)/b14-12+. The van der Waals surface area contributed by atoms with Gasteiger partial charge in [-0.25, -0.2) is 4.98 Å². The third kappa shape index (κ3) is 6.37. The molecular formula is C24H21F3N2O2S. The van der Waals surface area contributed by atoms with Gasteiger partial charge in [-0.15, -0.1) is 0 Å². The second kappa shape index (κ2) is 10.4. The molecule has 4 nitrogen and oxygen atoms in total. The van der Waals surface area contributed by atoms with Crippen molar-refractivity contribution < 1.29 is 22.7 Å². The molecule has 0 spiro atoms. The van der Waals surface area contributed by atoms with E-state index >= 15 is 0 Å². The molecule has 32 heavy (non-hydrogen) atoms. The molecule has 1 N–H and O–H groups in total. The first-order chi connectivity index (χ1) is 15.3. The largest absolute Gasteiger partial charge is 0.493 e. The van der Waals surface area contributed by atoms with Gasteiger partial charge in [0.2, 0.25) is 5.91 Å². The van der Waals surface area contributed by atoms with Crippen LogP contribution < -0.4 is 10.1 Å². The molecular weight excluding hydrogens is 437 g/mol. The third-order valence-corrected chi connectivity index (χ3v) is 5.38. The lowest BCUT2D eigenvalue weighted by Gasteiger charge is -2.15. The minimum absolute atomic E-state index is 0.0511. The molecule has 166 valence electrons. The fourth-order valence-corrected chi connectivity index (χ4v) is 3.87. The monoisotopic (exact) mass is 458 g/mol. The molecule has 0 saturated heterocycles. The first-order valence-corrected chi connectivity index (χ1v) is 10.6. The highest BCUT2D eigenvalue weighted by Gasteiger charge is 2.34. The number of benzene rings is 2. The van der Waals surface area contributed by atoms with Gasteiger partial charge in [-0.3, -0.25) is 4.79 Å². The number of pyridine rings is 1. The van der Waals surface area contributed by atoms with Gasteiger partial charge >= 0.3 is 6.18 Å². The van der Waals surface area contributed by atoms with Crippen molar-refractivity contribution in [3.8, 4) is 5.75 Å². The van der Waals surface area contributed by atoms with E-state index in [2.05, 4.69) is 10.3 Å². The average Bonchev–Trinajstić information content (AvgIpc) is 2.74. The number of nitrogens with one attached hydrogen (secondary N) is 1. The molecule has 0 radical (unpaired) electrons. The van der Waals surface area contributed by atoms with Crippen molar-refractivity contribution >= 4 is 29.6 Å². The van der Waals surface area contributed by atoms with Gasteiger partial charge in [-0.2, -0.15) is 13.2 Å². The fraction of sp³-hybridized carbons (Fsp3) is 0.167. The summed E-state index contributed by atoms with van der Waals surface area (Å²) >= 11 is 0.987. The number of halogens is 3. The van der Waals surface area contributed by atoms with Gasteiger partial charge in [-0.1, -0.05) is 36.0 Å². The molecule has 0 atom stereocenters. The highest BCUT2D eigenvalue weighted by Crippen LogP contribution is 2.42. The van der Waals surface area contributed by atoms with Crippen LogP contribution in [-0.2, 0) is 11.0 Å². The number of hydrogen-bond acceptors (Lipinski definition) is 4. The summed E-state index contributed by atoms with van der Waals surface area (Å²) in [4.78, 5) is 16.9. The molecule has 2 aromatic carbocycles. The van der Waals surface area contributed by atoms with Crippen LogP contribution in [0, 0.1) is 6.92 Å². The maximum atomic E-state index is 13.7. The van der Waals surface area contributed by atoms with Crippen molar-refractivity contribution in [2.45, 2.75) is 29.8 Å². The van der Waals surface area contributed by atoms with Crippen LogP contribution in [0.2, 0.25) is 0 Å². The number of amides is 1. The summed E-state index contributed by atoms with van der Waals surface area (Å²) in [6.07, 6.45) is -2.04. The molecule has 0 aliphatic heterocycles. The number of rotatable bonds is 7. The van der Waals surface area contributed by atoms with E-state index in [0.29, 0.717) is 23.1 Å². The van der Waals surface area contributed by atoms with Crippen molar-refractivity contribution in [2.24, 2.45) is 0 Å². The summed E-state index contributed by atoms with van der Waals surface area (Å²) in [6.45, 7) is 4.01. The summed E-state index contributed by atoms with van der Waals surface area (Å²) in [7, 11) is 0. The van der Waals surface area contributed by atoms with Gasteiger partial charge in [0.25, 0.3) is 0 Å². The van der Waals surface area contributed by atoms with E-state index in [0.717, 1.165) is 23.5 Å². The molecule has 0 saturated carbocycles. The van der Waals surface area contributed by atoms with E-state index in [9.17, 15) is 18.0 Å². The van der Waals surface area contributed by atoms with Crippen LogP contribution in [-0.4, -0.2) is 17.5 Å². The zero-order chi connectivity index (χ0) is 23.1. The molecule has 0 aliphatic carbocycles. The van der Waals surface area contributed by atoms with Crippen LogP contribution in [0.5, 0.6) is 5.75 Å². The number of hydrogen-bond donors (Lipinski definition) is 1. The van der Waals surface area contributed by atoms with Gasteiger partial charge in [0.05, 0.1) is 17.1 Å². The quantitative estimate of drug-likeness (QED) is 0.405. The van der Waals surface area contributed by atoms with Gasteiger partial charge in [0.15, 0.2) is 0 Å². The van der Waals surface area contributed by atoms with Crippen LogP contribution in [0.3, 0.4) is 0 Å². The van der Waals surface area contributed by atoms with Crippen molar-refractivity contribution in [1.82, 2.24) is 4.98 Å². The molecule has 3 aromatic rings. The molecule has 0 bridgehead atoms. The summed E-state index contributed by atoms with van der Waals surface area (Å²) in [6, 6.07) is 16.1. The van der Waals surface area contributed by atoms with Crippen LogP contribution in [0.25, 0.3) is 6.08 Å². The third-order valence-electron chi connectivity index (χ3n) is 4.24. The summed E-state index contributed by atoms with van der Waals surface area (Å²) < 4.78 is 46.8. The lowest BCUT2D eigenvalue weighted by molar-refractivity contribution is -0.139. The average molecular weight is 459 g/mol. The van der Waals surface area contributed by atoms with Gasteiger partial charge in [0.1, 0.15) is 11.6 Å². The first-order valence-electron chi connectivity index (χ1n) is 9.80. The number of para-hydroxylation sites is 1. The number of nitrogens with zero attached hydrogens (tertiary/aromatic N) is 1. The van der Waals surface area contributed by atoms with Crippen molar-refractivity contribution in [3.63, 3.8) is 0 Å². The predicted octanol–water partition coefficient (Wildman–Crippen LogP) is 6.61. The van der Waals surface area contributed by atoms with Gasteiger partial charge in [0, 0.05) is 16.7 Å². The minimum Gasteiger partial charge on any atom is -0.493 e. The number of alkyl halides is 3. The van der Waals surface area contributed by atoms with Crippen LogP contribution in [0.1, 0.15) is 23.7 Å². The van der Waals surface area contributed by atoms with E-state index in [4.69, 9.17) is 4.74 Å². The van der Waals surface area contributed by atoms with Crippen molar-refractivity contribution in [1.29, 1.82) is 0 Å². The molecule has 3 rings (SSSR count). The summed E-state index contributed by atoms with van der Waals surface area (Å²) in [5.74, 6) is 0.412. The molecule has 0 unspecified atom stereocenters. The number of aromatic nitrogens is 1. The SMILES string of the molecule is CCOc1ccccc1Sc1ccc(/C=C/C(=O)Nc2cccc(C)n2)cc1C(F)(F)F. The molecule has 0 fully saturated rings. The Hall–Kier alpha value is -3.26. The van der Waals surface area contributed by atoms with E-state index in [1.165, 1.54) is 24.3 Å². The van der Waals surface area contributed by atoms with E-state index < -0.39 is 17.6 Å².